The molecular weight excluding hydrogens is 260 g/mol. The number of rotatable bonds is 10. The van der Waals surface area contributed by atoms with Gasteiger partial charge in [0.05, 0.1) is 0 Å². The van der Waals surface area contributed by atoms with Gasteiger partial charge in [-0.1, -0.05) is 69.0 Å². The quantitative estimate of drug-likeness (QED) is 0.341. The van der Waals surface area contributed by atoms with E-state index in [9.17, 15) is 4.79 Å². The summed E-state index contributed by atoms with van der Waals surface area (Å²) < 4.78 is 5.16. The number of benzene rings is 1. The number of carbonyl (C=O) groups is 1. The second kappa shape index (κ2) is 11.1. The first-order chi connectivity index (χ1) is 10.2. The molecule has 2 nitrogen and oxygen atoms in total. The minimum absolute atomic E-state index is 0.211. The van der Waals surface area contributed by atoms with E-state index in [1.807, 2.05) is 18.2 Å². The maximum absolute atomic E-state index is 11.0. The van der Waals surface area contributed by atoms with Gasteiger partial charge < -0.3 is 4.74 Å². The summed E-state index contributed by atoms with van der Waals surface area (Å²) in [5, 5.41) is 0. The van der Waals surface area contributed by atoms with Gasteiger partial charge in [0, 0.05) is 6.92 Å². The predicted octanol–water partition coefficient (Wildman–Crippen LogP) is 5.08. The molecule has 116 valence electrons. The van der Waals surface area contributed by atoms with Crippen molar-refractivity contribution in [2.75, 3.05) is 6.61 Å². The van der Waals surface area contributed by atoms with E-state index >= 15 is 0 Å². The molecule has 0 N–H and O–H groups in total. The van der Waals surface area contributed by atoms with Gasteiger partial charge in [0.25, 0.3) is 0 Å². The molecule has 1 aromatic carbocycles. The average molecular weight is 288 g/mol. The Balaban J connectivity index is 2.45. The Labute approximate surface area is 129 Å². The Morgan fingerprint density at radius 3 is 2.48 bits per heavy atom. The molecule has 0 spiro atoms. The van der Waals surface area contributed by atoms with Crippen LogP contribution in [0.1, 0.15) is 57.9 Å². The molecule has 0 aliphatic rings. The number of esters is 1. The van der Waals surface area contributed by atoms with Crippen LogP contribution >= 0.6 is 0 Å². The van der Waals surface area contributed by atoms with E-state index in [0.29, 0.717) is 6.61 Å². The molecular formula is C19H28O2. The van der Waals surface area contributed by atoms with Crippen molar-refractivity contribution in [3.63, 3.8) is 0 Å². The lowest BCUT2D eigenvalue weighted by Crippen LogP contribution is -2.05. The summed E-state index contributed by atoms with van der Waals surface area (Å²) >= 11 is 0. The zero-order valence-electron chi connectivity index (χ0n) is 13.4. The molecule has 0 aromatic heterocycles. The zero-order chi connectivity index (χ0) is 15.3. The molecule has 0 aliphatic carbocycles. The van der Waals surface area contributed by atoms with E-state index in [0.717, 1.165) is 12.8 Å². The van der Waals surface area contributed by atoms with Gasteiger partial charge >= 0.3 is 5.97 Å². The van der Waals surface area contributed by atoms with E-state index in [1.165, 1.54) is 50.2 Å². The van der Waals surface area contributed by atoms with Crippen LogP contribution in [-0.2, 0) is 16.0 Å². The lowest BCUT2D eigenvalue weighted by Gasteiger charge is -2.08. The molecule has 0 saturated heterocycles. The highest BCUT2D eigenvalue weighted by Crippen LogP contribution is 2.12. The average Bonchev–Trinajstić information content (AvgIpc) is 2.49. The van der Waals surface area contributed by atoms with Crippen LogP contribution in [0, 0.1) is 0 Å². The van der Waals surface area contributed by atoms with Gasteiger partial charge in [0.2, 0.25) is 0 Å². The van der Waals surface area contributed by atoms with E-state index in [4.69, 9.17) is 4.74 Å². The fourth-order valence-electron chi connectivity index (χ4n) is 2.29. The van der Waals surface area contributed by atoms with Crippen LogP contribution < -0.4 is 0 Å². The Bertz CT molecular complexity index is 420. The lowest BCUT2D eigenvalue weighted by molar-refractivity contribution is -0.140. The lowest BCUT2D eigenvalue weighted by atomic mass is 10.0. The Morgan fingerprint density at radius 1 is 1.10 bits per heavy atom. The fourth-order valence-corrected chi connectivity index (χ4v) is 2.29. The second-order valence-corrected chi connectivity index (χ2v) is 5.51. The number of allylic oxidation sites excluding steroid dienone is 1. The van der Waals surface area contributed by atoms with Crippen molar-refractivity contribution in [2.45, 2.75) is 58.8 Å². The summed E-state index contributed by atoms with van der Waals surface area (Å²) in [7, 11) is 0. The molecule has 2 heteroatoms. The third-order valence-corrected chi connectivity index (χ3v) is 3.48. The normalized spacial score (nSPS) is 11.4. The number of unbranched alkanes of at least 4 members (excludes halogenated alkanes) is 5. The van der Waals surface area contributed by atoms with E-state index in [2.05, 4.69) is 25.1 Å². The summed E-state index contributed by atoms with van der Waals surface area (Å²) in [6.07, 6.45) is 10.6. The van der Waals surface area contributed by atoms with Crippen molar-refractivity contribution < 1.29 is 9.53 Å². The summed E-state index contributed by atoms with van der Waals surface area (Å²) in [5.41, 5.74) is 2.47. The highest BCUT2D eigenvalue weighted by atomic mass is 16.5. The molecule has 1 aromatic rings. The molecule has 0 fully saturated rings. The Hall–Kier alpha value is -1.57. The number of ether oxygens (including phenoxy) is 1. The highest BCUT2D eigenvalue weighted by molar-refractivity contribution is 5.66. The maximum atomic E-state index is 11.0. The first-order valence-corrected chi connectivity index (χ1v) is 8.07. The van der Waals surface area contributed by atoms with Crippen LogP contribution in [0.2, 0.25) is 0 Å². The third-order valence-electron chi connectivity index (χ3n) is 3.48. The maximum Gasteiger partial charge on any atom is 0.302 e. The molecule has 0 heterocycles. The zero-order valence-corrected chi connectivity index (χ0v) is 13.4. The third kappa shape index (κ3) is 9.06. The van der Waals surface area contributed by atoms with Crippen molar-refractivity contribution in [3.8, 4) is 0 Å². The molecule has 0 bridgehead atoms. The smallest absolute Gasteiger partial charge is 0.302 e. The molecule has 0 radical (unpaired) electrons. The first-order valence-electron chi connectivity index (χ1n) is 8.07. The van der Waals surface area contributed by atoms with Gasteiger partial charge in [-0.15, -0.1) is 0 Å². The molecule has 0 aliphatic heterocycles. The predicted molar refractivity (Wildman–Crippen MR) is 88.2 cm³/mol. The first kappa shape index (κ1) is 17.5. The highest BCUT2D eigenvalue weighted by Gasteiger charge is 2.02. The summed E-state index contributed by atoms with van der Waals surface area (Å²) in [6.45, 7) is 4.11. The van der Waals surface area contributed by atoms with E-state index < -0.39 is 0 Å². The van der Waals surface area contributed by atoms with Crippen molar-refractivity contribution in [2.24, 2.45) is 0 Å². The molecule has 1 rings (SSSR count). The van der Waals surface area contributed by atoms with Crippen molar-refractivity contribution >= 4 is 5.97 Å². The number of hydrogen-bond donors (Lipinski definition) is 0. The minimum Gasteiger partial charge on any atom is -0.461 e. The molecule has 0 atom stereocenters. The SMILES string of the molecule is CCCCCCC/C=C(/COC(C)=O)Cc1ccccc1. The van der Waals surface area contributed by atoms with Crippen LogP contribution in [0.3, 0.4) is 0 Å². The summed E-state index contributed by atoms with van der Waals surface area (Å²) in [4.78, 5) is 11.0. The number of hydrogen-bond acceptors (Lipinski definition) is 2. The van der Waals surface area contributed by atoms with Crippen LogP contribution in [-0.4, -0.2) is 12.6 Å². The van der Waals surface area contributed by atoms with E-state index in [1.54, 1.807) is 0 Å². The summed E-state index contributed by atoms with van der Waals surface area (Å²) in [5.74, 6) is -0.211. The largest absolute Gasteiger partial charge is 0.461 e. The molecule has 0 saturated carbocycles. The van der Waals surface area contributed by atoms with Gasteiger partial charge in [-0.3, -0.25) is 4.79 Å². The molecule has 21 heavy (non-hydrogen) atoms. The number of carbonyl (C=O) groups excluding carboxylic acids is 1. The van der Waals surface area contributed by atoms with Crippen molar-refractivity contribution in [3.05, 3.63) is 47.5 Å². The fraction of sp³-hybridized carbons (Fsp3) is 0.526. The Morgan fingerprint density at radius 2 is 1.81 bits per heavy atom. The van der Waals surface area contributed by atoms with Gasteiger partial charge in [0.15, 0.2) is 0 Å². The monoisotopic (exact) mass is 288 g/mol. The van der Waals surface area contributed by atoms with Crippen molar-refractivity contribution in [1.29, 1.82) is 0 Å². The molecule has 0 unspecified atom stereocenters. The Kier molecular flexibility index (Phi) is 9.26. The van der Waals surface area contributed by atoms with Crippen LogP contribution in [0.5, 0.6) is 0 Å². The minimum atomic E-state index is -0.211. The van der Waals surface area contributed by atoms with Crippen LogP contribution in [0.4, 0.5) is 0 Å². The van der Waals surface area contributed by atoms with Gasteiger partial charge in [-0.25, -0.2) is 0 Å². The standard InChI is InChI=1S/C19H28O2/c1-3-4-5-6-7-9-14-19(16-21-17(2)20)15-18-12-10-8-11-13-18/h8,10-14H,3-7,9,15-16H2,1-2H3/b19-14+. The van der Waals surface area contributed by atoms with Gasteiger partial charge in [0.1, 0.15) is 6.61 Å². The van der Waals surface area contributed by atoms with Gasteiger partial charge in [-0.05, 0) is 30.4 Å². The van der Waals surface area contributed by atoms with Crippen LogP contribution in [0.25, 0.3) is 0 Å². The van der Waals surface area contributed by atoms with Gasteiger partial charge in [-0.2, -0.15) is 0 Å². The van der Waals surface area contributed by atoms with E-state index in [-0.39, 0.29) is 5.97 Å². The van der Waals surface area contributed by atoms with Crippen molar-refractivity contribution in [1.82, 2.24) is 0 Å². The van der Waals surface area contributed by atoms with Crippen LogP contribution in [0.15, 0.2) is 42.0 Å². The topological polar surface area (TPSA) is 26.3 Å². The second-order valence-electron chi connectivity index (χ2n) is 5.51. The molecule has 0 amide bonds. The summed E-state index contributed by atoms with van der Waals surface area (Å²) in [6, 6.07) is 10.3.